The molecule has 7 heteroatoms. The van der Waals surface area contributed by atoms with Crippen molar-refractivity contribution in [3.8, 4) is 11.5 Å². The standard InChI is InChI=1S/C21H23BrN2O4/c1-27-18-9-8-15(14-19(18)28-2)20(25)23-10-5-11-24(13-12-23)21(26)16-6-3-4-7-17(16)22/h3-4,6-9,14H,5,10-13H2,1-2H3. The fraction of sp³-hybridized carbons (Fsp3) is 0.333. The molecular formula is C21H23BrN2O4. The molecule has 148 valence electrons. The van der Waals surface area contributed by atoms with Gasteiger partial charge >= 0.3 is 0 Å². The minimum absolute atomic E-state index is 0.0205. The predicted molar refractivity (Wildman–Crippen MR) is 110 cm³/mol. The number of ether oxygens (including phenoxy) is 2. The molecule has 1 aliphatic rings. The van der Waals surface area contributed by atoms with Crippen molar-refractivity contribution >= 4 is 27.7 Å². The van der Waals surface area contributed by atoms with Crippen molar-refractivity contribution in [1.29, 1.82) is 0 Å². The van der Waals surface area contributed by atoms with Crippen LogP contribution in [0.3, 0.4) is 0 Å². The van der Waals surface area contributed by atoms with Gasteiger partial charge in [0.2, 0.25) is 0 Å². The molecule has 0 spiro atoms. The van der Waals surface area contributed by atoms with Crippen LogP contribution in [0.2, 0.25) is 0 Å². The number of hydrogen-bond donors (Lipinski definition) is 0. The molecule has 0 radical (unpaired) electrons. The summed E-state index contributed by atoms with van der Waals surface area (Å²) in [7, 11) is 3.11. The maximum Gasteiger partial charge on any atom is 0.255 e. The van der Waals surface area contributed by atoms with E-state index in [1.807, 2.05) is 29.2 Å². The molecule has 1 saturated heterocycles. The quantitative estimate of drug-likeness (QED) is 0.721. The van der Waals surface area contributed by atoms with E-state index in [4.69, 9.17) is 9.47 Å². The van der Waals surface area contributed by atoms with Crippen molar-refractivity contribution in [3.63, 3.8) is 0 Å². The third-order valence-electron chi connectivity index (χ3n) is 4.81. The lowest BCUT2D eigenvalue weighted by molar-refractivity contribution is 0.0718. The first kappa shape index (κ1) is 20.2. The first-order valence-corrected chi connectivity index (χ1v) is 9.89. The fourth-order valence-electron chi connectivity index (χ4n) is 3.28. The number of carbonyl (C=O) groups is 2. The van der Waals surface area contributed by atoms with Crippen LogP contribution in [-0.4, -0.2) is 62.0 Å². The second-order valence-corrected chi connectivity index (χ2v) is 7.34. The van der Waals surface area contributed by atoms with Gasteiger partial charge in [0.25, 0.3) is 11.8 Å². The average Bonchev–Trinajstić information content (AvgIpc) is 2.99. The Bertz CT molecular complexity index is 871. The summed E-state index contributed by atoms with van der Waals surface area (Å²) in [6.07, 6.45) is 0.731. The van der Waals surface area contributed by atoms with Crippen molar-refractivity contribution in [1.82, 2.24) is 9.80 Å². The highest BCUT2D eigenvalue weighted by molar-refractivity contribution is 9.10. The molecule has 0 saturated carbocycles. The molecular weight excluding hydrogens is 424 g/mol. The summed E-state index contributed by atoms with van der Waals surface area (Å²) in [5.41, 5.74) is 1.19. The van der Waals surface area contributed by atoms with E-state index >= 15 is 0 Å². The van der Waals surface area contributed by atoms with E-state index in [1.165, 1.54) is 0 Å². The van der Waals surface area contributed by atoms with Crippen LogP contribution in [0.5, 0.6) is 11.5 Å². The SMILES string of the molecule is COc1ccc(C(=O)N2CCCN(C(=O)c3ccccc3Br)CC2)cc1OC. The van der Waals surface area contributed by atoms with Crippen molar-refractivity contribution in [2.24, 2.45) is 0 Å². The summed E-state index contributed by atoms with van der Waals surface area (Å²) in [5.74, 6) is 1.01. The number of methoxy groups -OCH3 is 2. The van der Waals surface area contributed by atoms with Crippen LogP contribution in [0.1, 0.15) is 27.1 Å². The zero-order valence-corrected chi connectivity index (χ0v) is 17.6. The fourth-order valence-corrected chi connectivity index (χ4v) is 3.73. The maximum absolute atomic E-state index is 12.9. The molecule has 1 heterocycles. The van der Waals surface area contributed by atoms with Gasteiger partial charge in [-0.05, 0) is 52.7 Å². The highest BCUT2D eigenvalue weighted by atomic mass is 79.9. The Hall–Kier alpha value is -2.54. The van der Waals surface area contributed by atoms with Gasteiger partial charge in [0.1, 0.15) is 0 Å². The molecule has 0 aromatic heterocycles. The van der Waals surface area contributed by atoms with Crippen molar-refractivity contribution in [2.75, 3.05) is 40.4 Å². The zero-order chi connectivity index (χ0) is 20.1. The van der Waals surface area contributed by atoms with Gasteiger partial charge in [0.05, 0.1) is 19.8 Å². The Morgan fingerprint density at radius 3 is 2.14 bits per heavy atom. The third kappa shape index (κ3) is 4.30. The van der Waals surface area contributed by atoms with Crippen LogP contribution in [0, 0.1) is 0 Å². The van der Waals surface area contributed by atoms with E-state index in [0.717, 1.165) is 10.9 Å². The topological polar surface area (TPSA) is 59.1 Å². The number of nitrogens with zero attached hydrogens (tertiary/aromatic N) is 2. The molecule has 0 bridgehead atoms. The van der Waals surface area contributed by atoms with E-state index in [2.05, 4.69) is 15.9 Å². The number of benzene rings is 2. The van der Waals surface area contributed by atoms with Crippen LogP contribution in [0.4, 0.5) is 0 Å². The van der Waals surface area contributed by atoms with Crippen molar-refractivity contribution < 1.29 is 19.1 Å². The highest BCUT2D eigenvalue weighted by Crippen LogP contribution is 2.28. The van der Waals surface area contributed by atoms with Gasteiger partial charge in [-0.15, -0.1) is 0 Å². The number of halogens is 1. The Labute approximate surface area is 173 Å². The van der Waals surface area contributed by atoms with Gasteiger partial charge in [0.15, 0.2) is 11.5 Å². The molecule has 2 aromatic carbocycles. The van der Waals surface area contributed by atoms with E-state index in [-0.39, 0.29) is 11.8 Å². The van der Waals surface area contributed by atoms with E-state index in [1.54, 1.807) is 37.3 Å². The molecule has 0 atom stereocenters. The van der Waals surface area contributed by atoms with Gasteiger partial charge in [-0.25, -0.2) is 0 Å². The van der Waals surface area contributed by atoms with Crippen LogP contribution in [0.15, 0.2) is 46.9 Å². The number of amides is 2. The van der Waals surface area contributed by atoms with E-state index in [9.17, 15) is 9.59 Å². The van der Waals surface area contributed by atoms with Crippen LogP contribution < -0.4 is 9.47 Å². The summed E-state index contributed by atoms with van der Waals surface area (Å²) in [4.78, 5) is 29.4. The molecule has 0 unspecified atom stereocenters. The predicted octanol–water partition coefficient (Wildman–Crippen LogP) is 3.45. The maximum atomic E-state index is 12.9. The van der Waals surface area contributed by atoms with E-state index < -0.39 is 0 Å². The monoisotopic (exact) mass is 446 g/mol. The molecule has 1 aliphatic heterocycles. The Balaban J connectivity index is 1.70. The molecule has 2 aromatic rings. The lowest BCUT2D eigenvalue weighted by Crippen LogP contribution is -2.37. The summed E-state index contributed by atoms with van der Waals surface area (Å²) in [6.45, 7) is 2.21. The summed E-state index contributed by atoms with van der Waals surface area (Å²) in [6, 6.07) is 12.6. The Morgan fingerprint density at radius 2 is 1.50 bits per heavy atom. The lowest BCUT2D eigenvalue weighted by atomic mass is 10.1. The molecule has 0 N–H and O–H groups in total. The Kier molecular flexibility index (Phi) is 6.57. The second-order valence-electron chi connectivity index (χ2n) is 6.49. The largest absolute Gasteiger partial charge is 0.493 e. The van der Waals surface area contributed by atoms with Gasteiger partial charge in [-0.2, -0.15) is 0 Å². The van der Waals surface area contributed by atoms with Gasteiger partial charge in [-0.1, -0.05) is 12.1 Å². The lowest BCUT2D eigenvalue weighted by Gasteiger charge is -2.23. The second kappa shape index (κ2) is 9.10. The van der Waals surface area contributed by atoms with Crippen molar-refractivity contribution in [3.05, 3.63) is 58.1 Å². The summed E-state index contributed by atoms with van der Waals surface area (Å²) >= 11 is 3.44. The third-order valence-corrected chi connectivity index (χ3v) is 5.50. The van der Waals surface area contributed by atoms with Crippen LogP contribution in [0.25, 0.3) is 0 Å². The highest BCUT2D eigenvalue weighted by Gasteiger charge is 2.25. The molecule has 6 nitrogen and oxygen atoms in total. The molecule has 0 aliphatic carbocycles. The minimum Gasteiger partial charge on any atom is -0.493 e. The smallest absolute Gasteiger partial charge is 0.255 e. The molecule has 2 amide bonds. The summed E-state index contributed by atoms with van der Waals surface area (Å²) in [5, 5.41) is 0. The number of carbonyl (C=O) groups excluding carboxylic acids is 2. The average molecular weight is 447 g/mol. The Morgan fingerprint density at radius 1 is 0.857 bits per heavy atom. The number of rotatable bonds is 4. The van der Waals surface area contributed by atoms with Crippen molar-refractivity contribution in [2.45, 2.75) is 6.42 Å². The molecule has 1 fully saturated rings. The van der Waals surface area contributed by atoms with Gasteiger partial charge in [0, 0.05) is 36.2 Å². The van der Waals surface area contributed by atoms with E-state index in [0.29, 0.717) is 48.8 Å². The minimum atomic E-state index is -0.0730. The number of hydrogen-bond acceptors (Lipinski definition) is 4. The van der Waals surface area contributed by atoms with Crippen LogP contribution >= 0.6 is 15.9 Å². The van der Waals surface area contributed by atoms with Gasteiger partial charge in [-0.3, -0.25) is 9.59 Å². The first-order valence-electron chi connectivity index (χ1n) is 9.10. The molecule has 3 rings (SSSR count). The zero-order valence-electron chi connectivity index (χ0n) is 16.0. The van der Waals surface area contributed by atoms with Crippen LogP contribution in [-0.2, 0) is 0 Å². The first-order chi connectivity index (χ1) is 13.5. The molecule has 28 heavy (non-hydrogen) atoms. The van der Waals surface area contributed by atoms with Gasteiger partial charge < -0.3 is 19.3 Å². The normalized spacial score (nSPS) is 14.4. The summed E-state index contributed by atoms with van der Waals surface area (Å²) < 4.78 is 11.3.